The summed E-state index contributed by atoms with van der Waals surface area (Å²) in [6.45, 7) is 4.07. The number of benzene rings is 2. The van der Waals surface area contributed by atoms with Gasteiger partial charge in [-0.15, -0.1) is 0 Å². The first-order valence-electron chi connectivity index (χ1n) is 9.60. The van der Waals surface area contributed by atoms with Gasteiger partial charge in [0.25, 0.3) is 0 Å². The highest BCUT2D eigenvalue weighted by Gasteiger charge is 2.16. The van der Waals surface area contributed by atoms with Crippen molar-refractivity contribution in [2.45, 2.75) is 0 Å². The molecule has 5 rings (SSSR count). The highest BCUT2D eigenvalue weighted by Crippen LogP contribution is 2.35. The molecule has 3 heterocycles. The fourth-order valence-electron chi connectivity index (χ4n) is 3.92. The fourth-order valence-corrected chi connectivity index (χ4v) is 3.92. The smallest absolute Gasteiger partial charge is 0.115 e. The predicted molar refractivity (Wildman–Crippen MR) is 113 cm³/mol. The summed E-state index contributed by atoms with van der Waals surface area (Å²) in [5, 5.41) is 14.3. The molecule has 2 aromatic heterocycles. The molecule has 0 aliphatic carbocycles. The Hall–Kier alpha value is -3.31. The summed E-state index contributed by atoms with van der Waals surface area (Å²) in [6.07, 6.45) is 5.82. The number of fused-ring (bicyclic) bond motifs is 1. The van der Waals surface area contributed by atoms with Crippen LogP contribution in [0.4, 0.5) is 5.69 Å². The van der Waals surface area contributed by atoms with E-state index in [4.69, 9.17) is 0 Å². The number of hydrogen-bond donors (Lipinski definition) is 2. The average Bonchev–Trinajstić information content (AvgIpc) is 3.14. The van der Waals surface area contributed by atoms with Crippen molar-refractivity contribution in [2.75, 3.05) is 31.1 Å². The van der Waals surface area contributed by atoms with Gasteiger partial charge in [-0.2, -0.15) is 0 Å². The Balaban J connectivity index is 1.70. The standard InChI is InChI=1S/C23H22N4O/c28-20-4-1-17(2-5-20)22-16-27(18-7-9-24-10-8-18)23-15-19(3-6-21(22)23)26-13-11-25-12-14-26/h1-10,15-16,25,28H,11-14H2. The molecule has 140 valence electrons. The predicted octanol–water partition coefficient (Wildman–Crippen LogP) is 3.81. The maximum atomic E-state index is 9.66. The van der Waals surface area contributed by atoms with Crippen molar-refractivity contribution < 1.29 is 5.11 Å². The lowest BCUT2D eigenvalue weighted by molar-refractivity contribution is 0.475. The number of phenols is 1. The Labute approximate surface area is 163 Å². The van der Waals surface area contributed by atoms with Gasteiger partial charge in [0.1, 0.15) is 5.75 Å². The van der Waals surface area contributed by atoms with Gasteiger partial charge in [-0.3, -0.25) is 4.98 Å². The van der Waals surface area contributed by atoms with Crippen molar-refractivity contribution in [1.82, 2.24) is 14.9 Å². The third-order valence-electron chi connectivity index (χ3n) is 5.39. The van der Waals surface area contributed by atoms with Gasteiger partial charge >= 0.3 is 0 Å². The maximum Gasteiger partial charge on any atom is 0.115 e. The van der Waals surface area contributed by atoms with E-state index in [2.05, 4.69) is 44.2 Å². The monoisotopic (exact) mass is 370 g/mol. The van der Waals surface area contributed by atoms with Crippen LogP contribution < -0.4 is 10.2 Å². The molecule has 5 heteroatoms. The molecule has 0 bridgehead atoms. The molecule has 0 unspecified atom stereocenters. The number of nitrogens with zero attached hydrogens (tertiary/aromatic N) is 3. The zero-order valence-electron chi connectivity index (χ0n) is 15.5. The van der Waals surface area contributed by atoms with E-state index < -0.39 is 0 Å². The molecule has 2 N–H and O–H groups in total. The van der Waals surface area contributed by atoms with Crippen molar-refractivity contribution in [3.05, 3.63) is 73.2 Å². The Morgan fingerprint density at radius 3 is 2.36 bits per heavy atom. The Bertz CT molecular complexity index is 1100. The van der Waals surface area contributed by atoms with Crippen LogP contribution in [-0.2, 0) is 0 Å². The molecular formula is C23H22N4O. The SMILES string of the molecule is Oc1ccc(-c2cn(-c3ccncc3)c3cc(N4CCNCC4)ccc23)cc1. The molecule has 0 radical (unpaired) electrons. The summed E-state index contributed by atoms with van der Waals surface area (Å²) in [7, 11) is 0. The van der Waals surface area contributed by atoms with E-state index in [9.17, 15) is 5.11 Å². The molecule has 1 aliphatic heterocycles. The molecule has 0 atom stereocenters. The number of piperazine rings is 1. The first-order chi connectivity index (χ1) is 13.8. The number of nitrogens with one attached hydrogen (secondary N) is 1. The van der Waals surface area contributed by atoms with Crippen molar-refractivity contribution in [2.24, 2.45) is 0 Å². The topological polar surface area (TPSA) is 53.3 Å². The van der Waals surface area contributed by atoms with E-state index in [-0.39, 0.29) is 5.75 Å². The van der Waals surface area contributed by atoms with E-state index in [0.717, 1.165) is 43.0 Å². The van der Waals surface area contributed by atoms with Crippen molar-refractivity contribution in [3.63, 3.8) is 0 Å². The summed E-state index contributed by atoms with van der Waals surface area (Å²) in [5.74, 6) is 0.280. The minimum atomic E-state index is 0.280. The lowest BCUT2D eigenvalue weighted by Gasteiger charge is -2.29. The summed E-state index contributed by atoms with van der Waals surface area (Å²) < 4.78 is 2.23. The second-order valence-electron chi connectivity index (χ2n) is 7.10. The van der Waals surface area contributed by atoms with Gasteiger partial charge in [0.05, 0.1) is 5.52 Å². The summed E-state index contributed by atoms with van der Waals surface area (Å²) in [4.78, 5) is 6.59. The van der Waals surface area contributed by atoms with Crippen LogP contribution in [0.25, 0.3) is 27.7 Å². The average molecular weight is 370 g/mol. The van der Waals surface area contributed by atoms with Crippen LogP contribution in [0.5, 0.6) is 5.75 Å². The first-order valence-corrected chi connectivity index (χ1v) is 9.60. The number of aromatic hydroxyl groups is 1. The Morgan fingerprint density at radius 2 is 1.61 bits per heavy atom. The van der Waals surface area contributed by atoms with Crippen LogP contribution in [0.2, 0.25) is 0 Å². The molecule has 0 saturated carbocycles. The van der Waals surface area contributed by atoms with E-state index >= 15 is 0 Å². The van der Waals surface area contributed by atoms with Gasteiger partial charge in [-0.1, -0.05) is 18.2 Å². The van der Waals surface area contributed by atoms with Crippen LogP contribution in [0.15, 0.2) is 73.2 Å². The van der Waals surface area contributed by atoms with Crippen molar-refractivity contribution >= 4 is 16.6 Å². The van der Waals surface area contributed by atoms with Gasteiger partial charge in [-0.25, -0.2) is 0 Å². The van der Waals surface area contributed by atoms with Gasteiger partial charge in [0.2, 0.25) is 0 Å². The maximum absolute atomic E-state index is 9.66. The van der Waals surface area contributed by atoms with Gasteiger partial charge in [0.15, 0.2) is 0 Å². The van der Waals surface area contributed by atoms with Crippen molar-refractivity contribution in [3.8, 4) is 22.6 Å². The van der Waals surface area contributed by atoms with Crippen LogP contribution in [0, 0.1) is 0 Å². The second-order valence-corrected chi connectivity index (χ2v) is 7.10. The second kappa shape index (κ2) is 7.02. The molecule has 28 heavy (non-hydrogen) atoms. The Morgan fingerprint density at radius 1 is 0.857 bits per heavy atom. The van der Waals surface area contributed by atoms with E-state index in [1.165, 1.54) is 16.6 Å². The van der Waals surface area contributed by atoms with E-state index in [0.29, 0.717) is 0 Å². The van der Waals surface area contributed by atoms with Crippen LogP contribution in [0.1, 0.15) is 0 Å². The molecule has 1 aliphatic rings. The van der Waals surface area contributed by atoms with Crippen LogP contribution >= 0.6 is 0 Å². The zero-order valence-corrected chi connectivity index (χ0v) is 15.5. The number of aromatic nitrogens is 2. The molecule has 4 aromatic rings. The quantitative estimate of drug-likeness (QED) is 0.576. The number of pyridine rings is 1. The zero-order chi connectivity index (χ0) is 18.9. The molecule has 0 amide bonds. The highest BCUT2D eigenvalue weighted by atomic mass is 16.3. The fraction of sp³-hybridized carbons (Fsp3) is 0.174. The molecule has 5 nitrogen and oxygen atoms in total. The third kappa shape index (κ3) is 3.00. The van der Waals surface area contributed by atoms with E-state index in [1.54, 1.807) is 12.1 Å². The van der Waals surface area contributed by atoms with Crippen LogP contribution in [-0.4, -0.2) is 40.8 Å². The highest BCUT2D eigenvalue weighted by molar-refractivity contribution is 5.98. The molecule has 0 spiro atoms. The Kier molecular flexibility index (Phi) is 4.22. The van der Waals surface area contributed by atoms with Gasteiger partial charge in [0, 0.05) is 67.1 Å². The normalized spacial score (nSPS) is 14.5. The summed E-state index contributed by atoms with van der Waals surface area (Å²) in [6, 6.07) is 18.2. The summed E-state index contributed by atoms with van der Waals surface area (Å²) in [5.41, 5.74) is 5.75. The number of rotatable bonds is 3. The number of anilines is 1. The molecule has 1 fully saturated rings. The molecular weight excluding hydrogens is 348 g/mol. The minimum absolute atomic E-state index is 0.280. The van der Waals surface area contributed by atoms with Crippen LogP contribution in [0.3, 0.4) is 0 Å². The third-order valence-corrected chi connectivity index (χ3v) is 5.39. The number of hydrogen-bond acceptors (Lipinski definition) is 4. The lowest BCUT2D eigenvalue weighted by atomic mass is 10.0. The lowest BCUT2D eigenvalue weighted by Crippen LogP contribution is -2.43. The van der Waals surface area contributed by atoms with E-state index in [1.807, 2.05) is 36.7 Å². The minimum Gasteiger partial charge on any atom is -0.508 e. The molecule has 2 aromatic carbocycles. The first kappa shape index (κ1) is 16.8. The summed E-state index contributed by atoms with van der Waals surface area (Å²) >= 11 is 0. The molecule has 1 saturated heterocycles. The largest absolute Gasteiger partial charge is 0.508 e. The number of phenolic OH excluding ortho intramolecular Hbond substituents is 1. The van der Waals surface area contributed by atoms with Gasteiger partial charge < -0.3 is 19.9 Å². The van der Waals surface area contributed by atoms with Crippen molar-refractivity contribution in [1.29, 1.82) is 0 Å². The van der Waals surface area contributed by atoms with Gasteiger partial charge in [-0.05, 0) is 42.0 Å².